The maximum Gasteiger partial charge on any atom is 0.238 e. The molecular weight excluding hydrogens is 198 g/mol. The minimum atomic E-state index is -0.0550. The Labute approximate surface area is 89.8 Å². The van der Waals surface area contributed by atoms with Crippen LogP contribution in [-0.4, -0.2) is 17.1 Å². The number of nitrogens with one attached hydrogen (secondary N) is 3. The van der Waals surface area contributed by atoms with Crippen molar-refractivity contribution in [3.05, 3.63) is 0 Å². The summed E-state index contributed by atoms with van der Waals surface area (Å²) in [6, 6.07) is 0.480. The zero-order valence-corrected chi connectivity index (χ0v) is 9.25. The second-order valence-corrected chi connectivity index (χ2v) is 3.89. The van der Waals surface area contributed by atoms with Crippen LogP contribution in [0.3, 0.4) is 0 Å². The average molecular weight is 215 g/mol. The quantitative estimate of drug-likeness (QED) is 0.472. The molecule has 14 heavy (non-hydrogen) atoms. The van der Waals surface area contributed by atoms with Crippen LogP contribution in [0.2, 0.25) is 0 Å². The fourth-order valence-electron chi connectivity index (χ4n) is 1.51. The molecule has 0 saturated heterocycles. The molecule has 1 fully saturated rings. The number of carbonyl (C=O) groups is 1. The Morgan fingerprint density at radius 2 is 2.00 bits per heavy atom. The Bertz CT molecular complexity index is 214. The number of thiocarbonyl (C=S) groups is 1. The van der Waals surface area contributed by atoms with Crippen molar-refractivity contribution < 1.29 is 4.79 Å². The fourth-order valence-corrected chi connectivity index (χ4v) is 1.72. The molecule has 0 spiro atoms. The van der Waals surface area contributed by atoms with Crippen LogP contribution in [0.15, 0.2) is 0 Å². The van der Waals surface area contributed by atoms with E-state index in [2.05, 4.69) is 16.2 Å². The first-order chi connectivity index (χ1) is 6.72. The Morgan fingerprint density at radius 1 is 1.36 bits per heavy atom. The van der Waals surface area contributed by atoms with E-state index in [4.69, 9.17) is 12.2 Å². The van der Waals surface area contributed by atoms with Gasteiger partial charge in [-0.15, -0.1) is 0 Å². The summed E-state index contributed by atoms with van der Waals surface area (Å²) in [6.07, 6.45) is 5.33. The van der Waals surface area contributed by atoms with Gasteiger partial charge in [-0.25, -0.2) is 0 Å². The van der Waals surface area contributed by atoms with E-state index >= 15 is 0 Å². The SMILES string of the molecule is CCC(=O)NNC(=S)NC1CCCC1. The number of hydrogen-bond acceptors (Lipinski definition) is 2. The molecular formula is C9H17N3OS. The predicted molar refractivity (Wildman–Crippen MR) is 59.6 cm³/mol. The third kappa shape index (κ3) is 3.91. The molecule has 1 aliphatic rings. The van der Waals surface area contributed by atoms with Gasteiger partial charge in [0, 0.05) is 12.5 Å². The molecule has 1 rings (SSSR count). The van der Waals surface area contributed by atoms with Gasteiger partial charge in [-0.2, -0.15) is 0 Å². The summed E-state index contributed by atoms with van der Waals surface area (Å²) in [4.78, 5) is 10.9. The van der Waals surface area contributed by atoms with E-state index in [1.165, 1.54) is 25.7 Å². The van der Waals surface area contributed by atoms with Crippen molar-refractivity contribution in [2.24, 2.45) is 0 Å². The zero-order chi connectivity index (χ0) is 10.4. The van der Waals surface area contributed by atoms with E-state index < -0.39 is 0 Å². The van der Waals surface area contributed by atoms with Gasteiger partial charge in [0.1, 0.15) is 0 Å². The van der Waals surface area contributed by atoms with Gasteiger partial charge in [-0.1, -0.05) is 19.8 Å². The highest BCUT2D eigenvalue weighted by atomic mass is 32.1. The van der Waals surface area contributed by atoms with Crippen molar-refractivity contribution in [2.75, 3.05) is 0 Å². The van der Waals surface area contributed by atoms with Gasteiger partial charge in [-0.05, 0) is 25.1 Å². The molecule has 0 atom stereocenters. The van der Waals surface area contributed by atoms with Crippen LogP contribution >= 0.6 is 12.2 Å². The molecule has 0 radical (unpaired) electrons. The van der Waals surface area contributed by atoms with Crippen LogP contribution in [0.25, 0.3) is 0 Å². The molecule has 3 N–H and O–H groups in total. The summed E-state index contributed by atoms with van der Waals surface area (Å²) in [5, 5.41) is 3.68. The second kappa shape index (κ2) is 5.80. The van der Waals surface area contributed by atoms with Crippen molar-refractivity contribution in [1.82, 2.24) is 16.2 Å². The Kier molecular flexibility index (Phi) is 4.65. The second-order valence-electron chi connectivity index (χ2n) is 3.48. The van der Waals surface area contributed by atoms with Gasteiger partial charge in [0.2, 0.25) is 5.91 Å². The highest BCUT2D eigenvalue weighted by molar-refractivity contribution is 7.80. The largest absolute Gasteiger partial charge is 0.359 e. The van der Waals surface area contributed by atoms with E-state index in [0.29, 0.717) is 17.6 Å². The van der Waals surface area contributed by atoms with Crippen LogP contribution in [0.5, 0.6) is 0 Å². The number of carbonyl (C=O) groups excluding carboxylic acids is 1. The molecule has 0 heterocycles. The van der Waals surface area contributed by atoms with Crippen LogP contribution in [0.4, 0.5) is 0 Å². The molecule has 1 aliphatic carbocycles. The Balaban J connectivity index is 2.12. The van der Waals surface area contributed by atoms with Crippen LogP contribution in [0.1, 0.15) is 39.0 Å². The summed E-state index contributed by atoms with van der Waals surface area (Å²) in [5.41, 5.74) is 5.19. The van der Waals surface area contributed by atoms with Crippen molar-refractivity contribution in [1.29, 1.82) is 0 Å². The fraction of sp³-hybridized carbons (Fsp3) is 0.778. The monoisotopic (exact) mass is 215 g/mol. The molecule has 80 valence electrons. The standard InChI is InChI=1S/C9H17N3OS/c1-2-8(13)11-12-9(14)10-7-5-3-4-6-7/h7H,2-6H2,1H3,(H,11,13)(H2,10,12,14). The van der Waals surface area contributed by atoms with Crippen LogP contribution in [0, 0.1) is 0 Å². The van der Waals surface area contributed by atoms with Crippen molar-refractivity contribution in [3.8, 4) is 0 Å². The molecule has 0 aliphatic heterocycles. The van der Waals surface area contributed by atoms with E-state index in [-0.39, 0.29) is 5.91 Å². The molecule has 0 aromatic carbocycles. The van der Waals surface area contributed by atoms with Crippen molar-refractivity contribution in [3.63, 3.8) is 0 Å². The maximum atomic E-state index is 10.9. The lowest BCUT2D eigenvalue weighted by molar-refractivity contribution is -0.121. The summed E-state index contributed by atoms with van der Waals surface area (Å²) in [6.45, 7) is 1.80. The molecule has 4 nitrogen and oxygen atoms in total. The smallest absolute Gasteiger partial charge is 0.238 e. The lowest BCUT2D eigenvalue weighted by Crippen LogP contribution is -2.49. The van der Waals surface area contributed by atoms with Gasteiger partial charge in [0.25, 0.3) is 0 Å². The lowest BCUT2D eigenvalue weighted by Gasteiger charge is -2.15. The van der Waals surface area contributed by atoms with Gasteiger partial charge in [0.15, 0.2) is 5.11 Å². The summed E-state index contributed by atoms with van der Waals surface area (Å²) in [7, 11) is 0. The number of hydrazine groups is 1. The summed E-state index contributed by atoms with van der Waals surface area (Å²) < 4.78 is 0. The minimum absolute atomic E-state index is 0.0550. The van der Waals surface area contributed by atoms with E-state index in [1.807, 2.05) is 0 Å². The lowest BCUT2D eigenvalue weighted by atomic mass is 10.3. The number of hydrogen-bond donors (Lipinski definition) is 3. The molecule has 0 aromatic rings. The van der Waals surface area contributed by atoms with Crippen LogP contribution in [-0.2, 0) is 4.79 Å². The molecule has 1 saturated carbocycles. The van der Waals surface area contributed by atoms with Crippen molar-refractivity contribution in [2.45, 2.75) is 45.1 Å². The predicted octanol–water partition coefficient (Wildman–Crippen LogP) is 0.834. The first kappa shape index (κ1) is 11.2. The third-order valence-electron chi connectivity index (χ3n) is 2.33. The molecule has 0 bridgehead atoms. The normalized spacial score (nSPS) is 16.4. The first-order valence-corrected chi connectivity index (χ1v) is 5.48. The third-order valence-corrected chi connectivity index (χ3v) is 2.55. The van der Waals surface area contributed by atoms with Gasteiger partial charge >= 0.3 is 0 Å². The minimum Gasteiger partial charge on any atom is -0.359 e. The topological polar surface area (TPSA) is 53.2 Å². The number of amides is 1. The molecule has 0 unspecified atom stereocenters. The van der Waals surface area contributed by atoms with Crippen molar-refractivity contribution >= 4 is 23.2 Å². The van der Waals surface area contributed by atoms with Gasteiger partial charge in [-0.3, -0.25) is 15.6 Å². The Hall–Kier alpha value is -0.840. The highest BCUT2D eigenvalue weighted by Crippen LogP contribution is 2.17. The molecule has 5 heteroatoms. The highest BCUT2D eigenvalue weighted by Gasteiger charge is 2.15. The summed E-state index contributed by atoms with van der Waals surface area (Å²) >= 11 is 5.02. The van der Waals surface area contributed by atoms with E-state index in [0.717, 1.165) is 0 Å². The first-order valence-electron chi connectivity index (χ1n) is 5.07. The average Bonchev–Trinajstić information content (AvgIpc) is 2.66. The Morgan fingerprint density at radius 3 is 2.57 bits per heavy atom. The maximum absolute atomic E-state index is 10.9. The molecule has 0 aromatic heterocycles. The van der Waals surface area contributed by atoms with Gasteiger partial charge in [0.05, 0.1) is 0 Å². The van der Waals surface area contributed by atoms with Crippen LogP contribution < -0.4 is 16.2 Å². The molecule has 1 amide bonds. The number of rotatable bonds is 2. The summed E-state index contributed by atoms with van der Waals surface area (Å²) in [5.74, 6) is -0.0550. The van der Waals surface area contributed by atoms with E-state index in [1.54, 1.807) is 6.92 Å². The zero-order valence-electron chi connectivity index (χ0n) is 8.43. The van der Waals surface area contributed by atoms with E-state index in [9.17, 15) is 4.79 Å². The van der Waals surface area contributed by atoms with Gasteiger partial charge < -0.3 is 5.32 Å².